The van der Waals surface area contributed by atoms with Gasteiger partial charge in [0.05, 0.1) is 21.8 Å². The van der Waals surface area contributed by atoms with Crippen LogP contribution in [0, 0.1) is 18.3 Å². The Kier molecular flexibility index (Phi) is 4.92. The smallest absolute Gasteiger partial charge is 0.206 e. The third-order valence-electron chi connectivity index (χ3n) is 6.16. The maximum atomic E-state index is 13.8. The highest BCUT2D eigenvalue weighted by Crippen LogP contribution is 2.45. The molecule has 32 heavy (non-hydrogen) atoms. The van der Waals surface area contributed by atoms with E-state index in [4.69, 9.17) is 0 Å². The predicted molar refractivity (Wildman–Crippen MR) is 125 cm³/mol. The lowest BCUT2D eigenvalue weighted by molar-refractivity contribution is 0.594. The van der Waals surface area contributed by atoms with Crippen molar-refractivity contribution in [3.05, 3.63) is 119 Å². The molecule has 0 heterocycles. The number of nitrogens with zero attached hydrogens (tertiary/aromatic N) is 1. The molecule has 4 aromatic rings. The zero-order valence-electron chi connectivity index (χ0n) is 17.6. The second-order valence-electron chi connectivity index (χ2n) is 8.13. The van der Waals surface area contributed by atoms with Gasteiger partial charge >= 0.3 is 0 Å². The van der Waals surface area contributed by atoms with Gasteiger partial charge in [0.15, 0.2) is 0 Å². The summed E-state index contributed by atoms with van der Waals surface area (Å²) in [5.41, 5.74) is 6.57. The van der Waals surface area contributed by atoms with Crippen molar-refractivity contribution in [1.29, 1.82) is 5.26 Å². The monoisotopic (exact) mass is 435 g/mol. The van der Waals surface area contributed by atoms with Crippen molar-refractivity contribution in [2.45, 2.75) is 29.1 Å². The normalized spacial score (nSPS) is 13.1. The van der Waals surface area contributed by atoms with Crippen LogP contribution in [0.4, 0.5) is 0 Å². The molecule has 4 aromatic carbocycles. The Morgan fingerprint density at radius 3 is 2.22 bits per heavy atom. The molecule has 0 aromatic heterocycles. The van der Waals surface area contributed by atoms with E-state index in [1.165, 1.54) is 0 Å². The first-order valence-electron chi connectivity index (χ1n) is 10.5. The maximum absolute atomic E-state index is 13.8. The molecule has 0 saturated carbocycles. The van der Waals surface area contributed by atoms with Crippen LogP contribution in [0.2, 0.25) is 0 Å². The number of benzene rings is 4. The Labute approximate surface area is 188 Å². The Morgan fingerprint density at radius 1 is 0.812 bits per heavy atom. The van der Waals surface area contributed by atoms with E-state index >= 15 is 0 Å². The zero-order chi connectivity index (χ0) is 22.3. The van der Waals surface area contributed by atoms with Gasteiger partial charge in [-0.1, -0.05) is 78.4 Å². The first-order valence-corrected chi connectivity index (χ1v) is 12.0. The topological polar surface area (TPSA) is 57.9 Å². The predicted octanol–water partition coefficient (Wildman–Crippen LogP) is 6.05. The van der Waals surface area contributed by atoms with Crippen molar-refractivity contribution in [3.63, 3.8) is 0 Å². The van der Waals surface area contributed by atoms with Gasteiger partial charge in [-0.25, -0.2) is 8.42 Å². The summed E-state index contributed by atoms with van der Waals surface area (Å²) in [5.74, 6) is -0.685. The molecule has 1 atom stereocenters. The SMILES string of the molecule is Cc1ccc(S(=O)(=O)c2ccc3c(c2C(C#N)c2ccccc2)Cc2ccccc2-3)cc1. The summed E-state index contributed by atoms with van der Waals surface area (Å²) in [5, 5.41) is 10.2. The van der Waals surface area contributed by atoms with Gasteiger partial charge in [-0.2, -0.15) is 5.26 Å². The summed E-state index contributed by atoms with van der Waals surface area (Å²) < 4.78 is 27.6. The van der Waals surface area contributed by atoms with Crippen LogP contribution < -0.4 is 0 Å². The van der Waals surface area contributed by atoms with E-state index in [0.717, 1.165) is 33.4 Å². The largest absolute Gasteiger partial charge is 0.219 e. The number of hydrogen-bond acceptors (Lipinski definition) is 3. The Morgan fingerprint density at radius 2 is 1.50 bits per heavy atom. The molecule has 1 aliphatic rings. The van der Waals surface area contributed by atoms with Crippen LogP contribution in [-0.4, -0.2) is 8.42 Å². The van der Waals surface area contributed by atoms with E-state index in [2.05, 4.69) is 18.2 Å². The van der Waals surface area contributed by atoms with E-state index < -0.39 is 15.8 Å². The number of hydrogen-bond donors (Lipinski definition) is 0. The van der Waals surface area contributed by atoms with Gasteiger partial charge in [0.2, 0.25) is 9.84 Å². The number of aryl methyl sites for hydroxylation is 1. The molecule has 0 radical (unpaired) electrons. The molecule has 3 nitrogen and oxygen atoms in total. The minimum Gasteiger partial charge on any atom is -0.219 e. The fraction of sp³-hybridized carbons (Fsp3) is 0.107. The van der Waals surface area contributed by atoms with Crippen LogP contribution in [0.3, 0.4) is 0 Å². The Balaban J connectivity index is 1.80. The lowest BCUT2D eigenvalue weighted by Crippen LogP contribution is -2.12. The van der Waals surface area contributed by atoms with E-state index in [1.807, 2.05) is 55.5 Å². The number of fused-ring (bicyclic) bond motifs is 3. The number of sulfone groups is 1. The summed E-state index contributed by atoms with van der Waals surface area (Å²) in [6, 6.07) is 30.4. The summed E-state index contributed by atoms with van der Waals surface area (Å²) in [7, 11) is -3.81. The first kappa shape index (κ1) is 20.2. The maximum Gasteiger partial charge on any atom is 0.206 e. The minimum atomic E-state index is -3.81. The highest BCUT2D eigenvalue weighted by molar-refractivity contribution is 7.91. The fourth-order valence-corrected chi connectivity index (χ4v) is 6.09. The molecule has 0 saturated heterocycles. The highest BCUT2D eigenvalue weighted by Gasteiger charge is 2.33. The molecule has 0 bridgehead atoms. The molecule has 1 aliphatic carbocycles. The highest BCUT2D eigenvalue weighted by atomic mass is 32.2. The molecule has 156 valence electrons. The Hall–Kier alpha value is -3.68. The molecule has 0 fully saturated rings. The van der Waals surface area contributed by atoms with Crippen LogP contribution in [0.5, 0.6) is 0 Å². The van der Waals surface area contributed by atoms with Gasteiger partial charge in [0, 0.05) is 0 Å². The Bertz CT molecular complexity index is 1460. The molecule has 0 aliphatic heterocycles. The second-order valence-corrected chi connectivity index (χ2v) is 10.0. The fourth-order valence-electron chi connectivity index (χ4n) is 4.56. The summed E-state index contributed by atoms with van der Waals surface area (Å²) in [6.45, 7) is 1.93. The lowest BCUT2D eigenvalue weighted by atomic mass is 9.87. The van der Waals surface area contributed by atoms with E-state index in [-0.39, 0.29) is 9.79 Å². The van der Waals surface area contributed by atoms with E-state index in [1.54, 1.807) is 30.3 Å². The first-order chi connectivity index (χ1) is 15.5. The average Bonchev–Trinajstić information content (AvgIpc) is 3.20. The van der Waals surface area contributed by atoms with Gasteiger partial charge in [-0.15, -0.1) is 0 Å². The number of nitriles is 1. The third kappa shape index (κ3) is 3.23. The van der Waals surface area contributed by atoms with Gasteiger partial charge in [-0.05, 0) is 64.9 Å². The van der Waals surface area contributed by atoms with Crippen LogP contribution in [-0.2, 0) is 16.3 Å². The van der Waals surface area contributed by atoms with Crippen molar-refractivity contribution in [2.75, 3.05) is 0 Å². The lowest BCUT2D eigenvalue weighted by Gasteiger charge is -2.20. The van der Waals surface area contributed by atoms with Crippen molar-refractivity contribution in [1.82, 2.24) is 0 Å². The molecule has 0 amide bonds. The molecular weight excluding hydrogens is 414 g/mol. The van der Waals surface area contributed by atoms with Crippen LogP contribution >= 0.6 is 0 Å². The van der Waals surface area contributed by atoms with Crippen LogP contribution in [0.1, 0.15) is 33.7 Å². The van der Waals surface area contributed by atoms with Gasteiger partial charge in [-0.3, -0.25) is 0 Å². The number of rotatable bonds is 4. The van der Waals surface area contributed by atoms with Gasteiger partial charge in [0.25, 0.3) is 0 Å². The quantitative estimate of drug-likeness (QED) is 0.345. The molecular formula is C28H21NO2S. The molecule has 0 spiro atoms. The van der Waals surface area contributed by atoms with Gasteiger partial charge < -0.3 is 0 Å². The van der Waals surface area contributed by atoms with Crippen molar-refractivity contribution < 1.29 is 8.42 Å². The summed E-state index contributed by atoms with van der Waals surface area (Å²) in [6.07, 6.45) is 0.614. The summed E-state index contributed by atoms with van der Waals surface area (Å²) >= 11 is 0. The van der Waals surface area contributed by atoms with Gasteiger partial charge in [0.1, 0.15) is 0 Å². The van der Waals surface area contributed by atoms with Crippen molar-refractivity contribution in [2.24, 2.45) is 0 Å². The molecule has 5 rings (SSSR count). The van der Waals surface area contributed by atoms with E-state index in [0.29, 0.717) is 12.0 Å². The minimum absolute atomic E-state index is 0.211. The van der Waals surface area contributed by atoms with Crippen LogP contribution in [0.25, 0.3) is 11.1 Å². The zero-order valence-corrected chi connectivity index (χ0v) is 18.4. The summed E-state index contributed by atoms with van der Waals surface area (Å²) in [4.78, 5) is 0.452. The third-order valence-corrected chi connectivity index (χ3v) is 7.99. The second kappa shape index (κ2) is 7.78. The van der Waals surface area contributed by atoms with Crippen molar-refractivity contribution in [3.8, 4) is 17.2 Å². The average molecular weight is 436 g/mol. The molecule has 1 unspecified atom stereocenters. The standard InChI is InChI=1S/C28H21NO2S/c1-19-11-13-22(14-12-19)32(30,31)27-16-15-24-23-10-6-5-9-21(23)17-25(24)28(27)26(18-29)20-7-3-2-4-8-20/h2-16,26H,17H2,1H3. The molecule has 0 N–H and O–H groups in total. The molecule has 4 heteroatoms. The van der Waals surface area contributed by atoms with Crippen molar-refractivity contribution >= 4 is 9.84 Å². The van der Waals surface area contributed by atoms with E-state index in [9.17, 15) is 13.7 Å². The van der Waals surface area contributed by atoms with Crippen LogP contribution in [0.15, 0.2) is 101 Å².